The van der Waals surface area contributed by atoms with Crippen molar-refractivity contribution in [2.24, 2.45) is 0 Å². The van der Waals surface area contributed by atoms with Crippen LogP contribution in [0.5, 0.6) is 0 Å². The van der Waals surface area contributed by atoms with E-state index in [1.54, 1.807) is 0 Å². The molecule has 0 aromatic heterocycles. The summed E-state index contributed by atoms with van der Waals surface area (Å²) in [5, 5.41) is 6.24. The van der Waals surface area contributed by atoms with Gasteiger partial charge in [-0.25, -0.2) is 0 Å². The van der Waals surface area contributed by atoms with Crippen LogP contribution in [-0.2, 0) is 6.42 Å². The molecule has 15 heavy (non-hydrogen) atoms. The van der Waals surface area contributed by atoms with Gasteiger partial charge in [0, 0.05) is 17.6 Å². The minimum Gasteiger partial charge on any atom is -0.383 e. The van der Waals surface area contributed by atoms with Crippen LogP contribution in [0.3, 0.4) is 0 Å². The molecule has 76 valence electrons. The molecule has 1 aliphatic rings. The lowest BCUT2D eigenvalue weighted by Gasteiger charge is -2.23. The Kier molecular flexibility index (Phi) is 2.06. The molecule has 2 heteroatoms. The van der Waals surface area contributed by atoms with E-state index in [9.17, 15) is 0 Å². The van der Waals surface area contributed by atoms with Crippen molar-refractivity contribution in [3.63, 3.8) is 0 Å². The Morgan fingerprint density at radius 1 is 1.13 bits per heavy atom. The van der Waals surface area contributed by atoms with Crippen LogP contribution in [0, 0.1) is 0 Å². The number of rotatable bonds is 0. The van der Waals surface area contributed by atoms with E-state index in [0.29, 0.717) is 0 Å². The molecule has 3 rings (SSSR count). The zero-order valence-electron chi connectivity index (χ0n) is 8.33. The lowest BCUT2D eigenvalue weighted by Crippen LogP contribution is -2.23. The molecule has 1 aliphatic heterocycles. The van der Waals surface area contributed by atoms with Crippen molar-refractivity contribution < 1.29 is 0 Å². The Morgan fingerprint density at radius 2 is 2.00 bits per heavy atom. The summed E-state index contributed by atoms with van der Waals surface area (Å²) in [4.78, 5) is 0. The molecule has 0 radical (unpaired) electrons. The van der Waals surface area contributed by atoms with Crippen LogP contribution in [-0.4, -0.2) is 11.9 Å². The second-order valence-electron chi connectivity index (χ2n) is 4.00. The maximum atomic E-state index is 6.13. The van der Waals surface area contributed by atoms with Crippen LogP contribution in [0.25, 0.3) is 10.8 Å². The van der Waals surface area contributed by atoms with Crippen molar-refractivity contribution in [3.8, 4) is 0 Å². The van der Waals surface area contributed by atoms with Crippen LogP contribution >= 0.6 is 11.6 Å². The summed E-state index contributed by atoms with van der Waals surface area (Å²) in [6.45, 7) is 0.864. The molecule has 2 aromatic rings. The predicted octanol–water partition coefficient (Wildman–Crippen LogP) is 3.42. The van der Waals surface area contributed by atoms with Gasteiger partial charge in [-0.2, -0.15) is 0 Å². The van der Waals surface area contributed by atoms with E-state index >= 15 is 0 Å². The number of hydrogen-bond acceptors (Lipinski definition) is 1. The van der Waals surface area contributed by atoms with Gasteiger partial charge in [0.05, 0.1) is 5.38 Å². The Labute approximate surface area is 94.1 Å². The topological polar surface area (TPSA) is 12.0 Å². The molecule has 0 saturated heterocycles. The van der Waals surface area contributed by atoms with Gasteiger partial charge in [-0.05, 0) is 17.4 Å². The average Bonchev–Trinajstić information content (AvgIpc) is 2.28. The lowest BCUT2D eigenvalue weighted by molar-refractivity contribution is 0.843. The van der Waals surface area contributed by atoms with E-state index in [1.807, 2.05) is 0 Å². The maximum Gasteiger partial charge on any atom is 0.0549 e. The van der Waals surface area contributed by atoms with Crippen LogP contribution < -0.4 is 5.32 Å². The summed E-state index contributed by atoms with van der Waals surface area (Å²) < 4.78 is 0. The van der Waals surface area contributed by atoms with Gasteiger partial charge in [0.2, 0.25) is 0 Å². The summed E-state index contributed by atoms with van der Waals surface area (Å²) in [7, 11) is 0. The predicted molar refractivity (Wildman–Crippen MR) is 65.8 cm³/mol. The fourth-order valence-electron chi connectivity index (χ4n) is 2.22. The van der Waals surface area contributed by atoms with E-state index < -0.39 is 0 Å². The van der Waals surface area contributed by atoms with Crippen LogP contribution in [0.4, 0.5) is 5.69 Å². The first-order valence-corrected chi connectivity index (χ1v) is 5.67. The average molecular weight is 218 g/mol. The highest BCUT2D eigenvalue weighted by Gasteiger charge is 2.17. The first-order valence-electron chi connectivity index (χ1n) is 5.23. The summed E-state index contributed by atoms with van der Waals surface area (Å²) in [6.07, 6.45) is 0.967. The van der Waals surface area contributed by atoms with Crippen molar-refractivity contribution in [2.45, 2.75) is 11.8 Å². The van der Waals surface area contributed by atoms with Crippen molar-refractivity contribution in [1.29, 1.82) is 0 Å². The smallest absolute Gasteiger partial charge is 0.0549 e. The largest absolute Gasteiger partial charge is 0.383 e. The van der Waals surface area contributed by atoms with E-state index in [2.05, 4.69) is 41.7 Å². The highest BCUT2D eigenvalue weighted by atomic mass is 35.5. The quantitative estimate of drug-likeness (QED) is 0.667. The number of halogens is 1. The number of alkyl halides is 1. The van der Waals surface area contributed by atoms with Gasteiger partial charge >= 0.3 is 0 Å². The van der Waals surface area contributed by atoms with Crippen LogP contribution in [0.1, 0.15) is 5.56 Å². The second-order valence-corrected chi connectivity index (χ2v) is 4.62. The Bertz CT molecular complexity index is 507. The van der Waals surface area contributed by atoms with Crippen molar-refractivity contribution in [1.82, 2.24) is 0 Å². The number of nitrogens with one attached hydrogen (secondary N) is 1. The van der Waals surface area contributed by atoms with E-state index in [-0.39, 0.29) is 5.38 Å². The molecule has 2 aromatic carbocycles. The SMILES string of the molecule is ClC1CNc2c(ccc3ccccc23)C1. The molecule has 0 fully saturated rings. The van der Waals surface area contributed by atoms with Gasteiger partial charge in [-0.1, -0.05) is 36.4 Å². The van der Waals surface area contributed by atoms with E-state index in [1.165, 1.54) is 22.0 Å². The van der Waals surface area contributed by atoms with E-state index in [4.69, 9.17) is 11.6 Å². The number of anilines is 1. The highest BCUT2D eigenvalue weighted by molar-refractivity contribution is 6.21. The van der Waals surface area contributed by atoms with Gasteiger partial charge in [-0.3, -0.25) is 0 Å². The highest BCUT2D eigenvalue weighted by Crippen LogP contribution is 2.31. The molecule has 1 unspecified atom stereocenters. The monoisotopic (exact) mass is 217 g/mol. The number of hydrogen-bond donors (Lipinski definition) is 1. The summed E-state index contributed by atoms with van der Waals surface area (Å²) in [5.41, 5.74) is 2.60. The minimum absolute atomic E-state index is 0.221. The standard InChI is InChI=1S/C13H12ClN/c14-11-7-10-6-5-9-3-1-2-4-12(9)13(10)15-8-11/h1-6,11,15H,7-8H2. The third-order valence-electron chi connectivity index (χ3n) is 2.96. The minimum atomic E-state index is 0.221. The first-order chi connectivity index (χ1) is 7.34. The number of benzene rings is 2. The van der Waals surface area contributed by atoms with Gasteiger partial charge in [0.15, 0.2) is 0 Å². The van der Waals surface area contributed by atoms with Crippen molar-refractivity contribution in [3.05, 3.63) is 42.0 Å². The summed E-state index contributed by atoms with van der Waals surface area (Å²) in [6, 6.07) is 12.8. The van der Waals surface area contributed by atoms with E-state index in [0.717, 1.165) is 13.0 Å². The molecule has 0 spiro atoms. The molecular formula is C13H12ClN. The molecule has 1 N–H and O–H groups in total. The van der Waals surface area contributed by atoms with Crippen LogP contribution in [0.2, 0.25) is 0 Å². The molecule has 0 bridgehead atoms. The first kappa shape index (κ1) is 9.05. The fraction of sp³-hybridized carbons (Fsp3) is 0.231. The third kappa shape index (κ3) is 1.47. The molecular weight excluding hydrogens is 206 g/mol. The van der Waals surface area contributed by atoms with Gasteiger partial charge in [-0.15, -0.1) is 11.6 Å². The molecule has 0 saturated carbocycles. The zero-order chi connectivity index (χ0) is 10.3. The Balaban J connectivity index is 2.25. The van der Waals surface area contributed by atoms with Crippen LogP contribution in [0.15, 0.2) is 36.4 Å². The molecule has 1 atom stereocenters. The maximum absolute atomic E-state index is 6.13. The summed E-state index contributed by atoms with van der Waals surface area (Å²) in [5.74, 6) is 0. The third-order valence-corrected chi connectivity index (χ3v) is 3.27. The fourth-order valence-corrected chi connectivity index (χ4v) is 2.46. The molecule has 0 aliphatic carbocycles. The Morgan fingerprint density at radius 3 is 2.93 bits per heavy atom. The zero-order valence-corrected chi connectivity index (χ0v) is 9.09. The molecule has 1 heterocycles. The Hall–Kier alpha value is -1.21. The summed E-state index contributed by atoms with van der Waals surface area (Å²) >= 11 is 6.13. The van der Waals surface area contributed by atoms with Gasteiger partial charge in [0.25, 0.3) is 0 Å². The molecule has 0 amide bonds. The van der Waals surface area contributed by atoms with Crippen molar-refractivity contribution >= 4 is 28.1 Å². The normalized spacial score (nSPS) is 19.7. The van der Waals surface area contributed by atoms with Gasteiger partial charge in [0.1, 0.15) is 0 Å². The van der Waals surface area contributed by atoms with Crippen molar-refractivity contribution in [2.75, 3.05) is 11.9 Å². The lowest BCUT2D eigenvalue weighted by atomic mass is 9.98. The number of fused-ring (bicyclic) bond motifs is 3. The second kappa shape index (κ2) is 3.42. The molecule has 1 nitrogen and oxygen atoms in total. The van der Waals surface area contributed by atoms with Gasteiger partial charge < -0.3 is 5.32 Å².